The molecule has 0 aliphatic carbocycles. The molecule has 0 unspecified atom stereocenters. The molecule has 2 fully saturated rings. The minimum atomic E-state index is -1.27. The van der Waals surface area contributed by atoms with E-state index in [0.29, 0.717) is 17.2 Å². The van der Waals surface area contributed by atoms with E-state index >= 15 is 0 Å². The average Bonchev–Trinajstić information content (AvgIpc) is 3.65. The number of nitrogens with zero attached hydrogens (tertiary/aromatic N) is 5. The first-order chi connectivity index (χ1) is 20.7. The summed E-state index contributed by atoms with van der Waals surface area (Å²) >= 11 is 3.38. The maximum atomic E-state index is 14.7. The Morgan fingerprint density at radius 2 is 1.98 bits per heavy atom. The summed E-state index contributed by atoms with van der Waals surface area (Å²) in [5.41, 5.74) is -0.241. The summed E-state index contributed by atoms with van der Waals surface area (Å²) in [5, 5.41) is 33.5. The van der Waals surface area contributed by atoms with Crippen molar-refractivity contribution in [1.29, 1.82) is 0 Å². The van der Waals surface area contributed by atoms with Crippen LogP contribution < -0.4 is 4.74 Å². The van der Waals surface area contributed by atoms with Crippen LogP contribution in [0.25, 0.3) is 11.3 Å². The largest absolute Gasteiger partial charge is 0.473 e. The van der Waals surface area contributed by atoms with E-state index < -0.39 is 54.3 Å². The monoisotopic (exact) mass is 663 g/mol. The molecule has 3 aromatic heterocycles. The van der Waals surface area contributed by atoms with Gasteiger partial charge in [-0.05, 0) is 40.5 Å². The standard InChI is InChI=1S/C28H28BrF2N5O7/c1-14-3-4-18(24(31)23(14)30)19-10-36(35-33-19)25-26(38)21(11-37)41-20(27(25)39-2)6-16-7-22(43-34-16)28(12-40-13-28)42-17-5-15(29)8-32-9-17/h3-5,7-10,20-21,25-27,37-38H,6,11-13H2,1-2H3/t20-,21-,25+,26+,27+/m1/s1. The van der Waals surface area contributed by atoms with Crippen LogP contribution in [0.4, 0.5) is 8.78 Å². The Morgan fingerprint density at radius 3 is 2.67 bits per heavy atom. The molecule has 2 aliphatic rings. The van der Waals surface area contributed by atoms with Gasteiger partial charge in [0.05, 0.1) is 44.0 Å². The minimum Gasteiger partial charge on any atom is -0.473 e. The number of hydrogen-bond acceptors (Lipinski definition) is 11. The lowest BCUT2D eigenvalue weighted by atomic mass is 9.90. The number of aliphatic hydroxyl groups excluding tert-OH is 2. The van der Waals surface area contributed by atoms with Gasteiger partial charge in [0.1, 0.15) is 35.8 Å². The van der Waals surface area contributed by atoms with E-state index in [-0.39, 0.29) is 36.5 Å². The highest BCUT2D eigenvalue weighted by atomic mass is 79.9. The number of aromatic nitrogens is 5. The van der Waals surface area contributed by atoms with Gasteiger partial charge in [0.15, 0.2) is 17.4 Å². The number of hydrogen-bond donors (Lipinski definition) is 2. The van der Waals surface area contributed by atoms with Crippen LogP contribution in [-0.2, 0) is 26.2 Å². The van der Waals surface area contributed by atoms with Crippen molar-refractivity contribution in [3.8, 4) is 17.0 Å². The molecule has 4 aromatic rings. The highest BCUT2D eigenvalue weighted by Crippen LogP contribution is 2.38. The molecular weight excluding hydrogens is 636 g/mol. The number of aryl methyl sites for hydroxylation is 1. The van der Waals surface area contributed by atoms with E-state index in [9.17, 15) is 19.0 Å². The maximum Gasteiger partial charge on any atom is 0.215 e. The van der Waals surface area contributed by atoms with Crippen LogP contribution in [0.15, 0.2) is 51.9 Å². The molecule has 228 valence electrons. The van der Waals surface area contributed by atoms with Crippen molar-refractivity contribution >= 4 is 15.9 Å². The Labute approximate surface area is 252 Å². The van der Waals surface area contributed by atoms with Crippen LogP contribution in [0.5, 0.6) is 5.75 Å². The fourth-order valence-electron chi connectivity index (χ4n) is 5.36. The Hall–Kier alpha value is -3.34. The van der Waals surface area contributed by atoms with Gasteiger partial charge < -0.3 is 33.7 Å². The Kier molecular flexibility index (Phi) is 8.28. The van der Waals surface area contributed by atoms with E-state index in [4.69, 9.17) is 23.5 Å². The zero-order valence-electron chi connectivity index (χ0n) is 23.1. The lowest BCUT2D eigenvalue weighted by molar-refractivity contribution is -0.212. The van der Waals surface area contributed by atoms with Gasteiger partial charge in [0, 0.05) is 35.8 Å². The van der Waals surface area contributed by atoms with E-state index in [1.165, 1.54) is 37.0 Å². The summed E-state index contributed by atoms with van der Waals surface area (Å²) < 4.78 is 60.1. The van der Waals surface area contributed by atoms with Gasteiger partial charge in [-0.3, -0.25) is 4.98 Å². The van der Waals surface area contributed by atoms with Crippen molar-refractivity contribution in [3.63, 3.8) is 0 Å². The number of benzene rings is 1. The molecule has 5 heterocycles. The van der Waals surface area contributed by atoms with E-state index in [0.717, 1.165) is 4.47 Å². The van der Waals surface area contributed by atoms with Gasteiger partial charge in [0.25, 0.3) is 0 Å². The molecule has 2 aliphatic heterocycles. The van der Waals surface area contributed by atoms with Gasteiger partial charge >= 0.3 is 0 Å². The lowest BCUT2D eigenvalue weighted by Crippen LogP contribution is -2.57. The van der Waals surface area contributed by atoms with Crippen LogP contribution in [-0.4, -0.2) is 86.7 Å². The summed E-state index contributed by atoms with van der Waals surface area (Å²) in [6.07, 6.45) is 0.994. The van der Waals surface area contributed by atoms with Crippen LogP contribution in [0.1, 0.15) is 23.1 Å². The third-order valence-corrected chi connectivity index (χ3v) is 8.12. The number of methoxy groups -OCH3 is 1. The van der Waals surface area contributed by atoms with Crippen molar-refractivity contribution in [1.82, 2.24) is 25.1 Å². The molecule has 15 heteroatoms. The molecule has 0 amide bonds. The van der Waals surface area contributed by atoms with Gasteiger partial charge in [-0.15, -0.1) is 5.10 Å². The average molecular weight is 664 g/mol. The summed E-state index contributed by atoms with van der Waals surface area (Å²) in [6, 6.07) is 5.47. The Balaban J connectivity index is 1.25. The van der Waals surface area contributed by atoms with Crippen LogP contribution in [0, 0.1) is 18.6 Å². The van der Waals surface area contributed by atoms with E-state index in [1.807, 2.05) is 0 Å². The number of aliphatic hydroxyl groups is 2. The third kappa shape index (κ3) is 5.56. The molecule has 2 N–H and O–H groups in total. The summed E-state index contributed by atoms with van der Waals surface area (Å²) in [6.45, 7) is 1.45. The SMILES string of the molecule is CO[C@@H]1[C@@H](n2cc(-c3ccc(C)c(F)c3F)nn2)[C@@H](O)[C@@H](CO)O[C@@H]1Cc1cc(C2(Oc3cncc(Br)c3)COC2)on1. The summed E-state index contributed by atoms with van der Waals surface area (Å²) in [7, 11) is 1.45. The van der Waals surface area contributed by atoms with Gasteiger partial charge in [-0.2, -0.15) is 0 Å². The van der Waals surface area contributed by atoms with Crippen molar-refractivity contribution < 1.29 is 42.5 Å². The highest BCUT2D eigenvalue weighted by Gasteiger charge is 2.49. The fourth-order valence-corrected chi connectivity index (χ4v) is 5.71. The van der Waals surface area contributed by atoms with Crippen LogP contribution in [0.3, 0.4) is 0 Å². The number of halogens is 3. The number of ether oxygens (including phenoxy) is 4. The molecule has 43 heavy (non-hydrogen) atoms. The third-order valence-electron chi connectivity index (χ3n) is 7.68. The molecule has 12 nitrogen and oxygen atoms in total. The maximum absolute atomic E-state index is 14.7. The van der Waals surface area contributed by atoms with Crippen molar-refractivity contribution in [2.24, 2.45) is 0 Å². The second-order valence-corrected chi connectivity index (χ2v) is 11.4. The second kappa shape index (κ2) is 12.0. The lowest BCUT2D eigenvalue weighted by Gasteiger charge is -2.43. The number of pyridine rings is 1. The zero-order chi connectivity index (χ0) is 30.3. The van der Waals surface area contributed by atoms with E-state index in [1.54, 1.807) is 24.5 Å². The smallest absolute Gasteiger partial charge is 0.215 e. The second-order valence-electron chi connectivity index (χ2n) is 10.5. The van der Waals surface area contributed by atoms with Crippen LogP contribution in [0.2, 0.25) is 0 Å². The zero-order valence-corrected chi connectivity index (χ0v) is 24.6. The van der Waals surface area contributed by atoms with Crippen LogP contribution >= 0.6 is 15.9 Å². The van der Waals surface area contributed by atoms with Gasteiger partial charge in [-0.1, -0.05) is 16.4 Å². The Bertz CT molecular complexity index is 1600. The predicted octanol–water partition coefficient (Wildman–Crippen LogP) is 2.90. The molecule has 0 spiro atoms. The van der Waals surface area contributed by atoms with Crippen molar-refractivity contribution in [2.75, 3.05) is 26.9 Å². The first-order valence-electron chi connectivity index (χ1n) is 13.4. The molecule has 5 atom stereocenters. The topological polar surface area (TPSA) is 147 Å². The molecular formula is C28H28BrF2N5O7. The van der Waals surface area contributed by atoms with Crippen molar-refractivity contribution in [2.45, 2.75) is 49.4 Å². The van der Waals surface area contributed by atoms with Gasteiger partial charge in [0.2, 0.25) is 5.60 Å². The Morgan fingerprint density at radius 1 is 1.16 bits per heavy atom. The molecule has 0 radical (unpaired) electrons. The van der Waals surface area contributed by atoms with Gasteiger partial charge in [-0.25, -0.2) is 13.5 Å². The first kappa shape index (κ1) is 29.7. The molecule has 0 saturated carbocycles. The summed E-state index contributed by atoms with van der Waals surface area (Å²) in [5.74, 6) is -1.06. The normalized spacial score (nSPS) is 25.0. The quantitative estimate of drug-likeness (QED) is 0.272. The molecule has 1 aromatic carbocycles. The molecule has 6 rings (SSSR count). The molecule has 0 bridgehead atoms. The number of rotatable bonds is 9. The predicted molar refractivity (Wildman–Crippen MR) is 147 cm³/mol. The van der Waals surface area contributed by atoms with Crippen molar-refractivity contribution in [3.05, 3.63) is 76.0 Å². The molecule has 2 saturated heterocycles. The highest BCUT2D eigenvalue weighted by molar-refractivity contribution is 9.10. The first-order valence-corrected chi connectivity index (χ1v) is 14.2. The fraction of sp³-hybridized carbons (Fsp3) is 0.429. The summed E-state index contributed by atoms with van der Waals surface area (Å²) in [4.78, 5) is 4.13. The minimum absolute atomic E-state index is 0.0665. The van der Waals surface area contributed by atoms with E-state index in [2.05, 4.69) is 36.4 Å².